The Kier molecular flexibility index (Phi) is 5.43. The van der Waals surface area contributed by atoms with Crippen LogP contribution in [0.25, 0.3) is 0 Å². The summed E-state index contributed by atoms with van der Waals surface area (Å²) in [5.74, 6) is 0. The summed E-state index contributed by atoms with van der Waals surface area (Å²) in [5.41, 5.74) is 6.90. The highest BCUT2D eigenvalue weighted by atomic mass is 14.9. The Morgan fingerprint density at radius 2 is 2.17 bits per heavy atom. The summed E-state index contributed by atoms with van der Waals surface area (Å²) in [7, 11) is 0. The summed E-state index contributed by atoms with van der Waals surface area (Å²) in [6, 6.07) is 4.71. The van der Waals surface area contributed by atoms with Gasteiger partial charge in [-0.3, -0.25) is 0 Å². The van der Waals surface area contributed by atoms with Crippen LogP contribution in [0.2, 0.25) is 0 Å². The van der Waals surface area contributed by atoms with Gasteiger partial charge in [-0.05, 0) is 51.7 Å². The van der Waals surface area contributed by atoms with Crippen molar-refractivity contribution >= 4 is 0 Å². The van der Waals surface area contributed by atoms with Crippen LogP contribution in [0.1, 0.15) is 45.6 Å². The van der Waals surface area contributed by atoms with Crippen molar-refractivity contribution < 1.29 is 0 Å². The second-order valence-electron chi connectivity index (χ2n) is 5.89. The lowest BCUT2D eigenvalue weighted by Crippen LogP contribution is -2.17. The third-order valence-electron chi connectivity index (χ3n) is 3.14. The molecule has 0 aliphatic carbocycles. The number of aromatic nitrogens is 1. The highest BCUT2D eigenvalue weighted by Gasteiger charge is 2.15. The first kappa shape index (κ1) is 14.8. The van der Waals surface area contributed by atoms with E-state index in [0.717, 1.165) is 32.2 Å². The Balaban J connectivity index is 2.28. The van der Waals surface area contributed by atoms with Crippen molar-refractivity contribution in [1.29, 1.82) is 5.26 Å². The third-order valence-corrected chi connectivity index (χ3v) is 3.14. The van der Waals surface area contributed by atoms with Gasteiger partial charge in [-0.1, -0.05) is 6.42 Å². The molecule has 1 aromatic rings. The van der Waals surface area contributed by atoms with Gasteiger partial charge in [-0.2, -0.15) is 5.26 Å². The third kappa shape index (κ3) is 5.37. The molecule has 3 heteroatoms. The van der Waals surface area contributed by atoms with Gasteiger partial charge in [-0.15, -0.1) is 0 Å². The topological polar surface area (TPSA) is 54.7 Å². The number of aryl methyl sites for hydroxylation is 1. The van der Waals surface area contributed by atoms with Gasteiger partial charge in [0, 0.05) is 25.0 Å². The quantitative estimate of drug-likeness (QED) is 0.753. The van der Waals surface area contributed by atoms with Gasteiger partial charge in [0.2, 0.25) is 0 Å². The highest BCUT2D eigenvalue weighted by molar-refractivity contribution is 5.11. The molecule has 0 saturated heterocycles. The van der Waals surface area contributed by atoms with Crippen LogP contribution in [0.3, 0.4) is 0 Å². The Labute approximate surface area is 111 Å². The molecule has 0 bridgehead atoms. The molecule has 1 rings (SSSR count). The Hall–Kier alpha value is -1.27. The standard InChI is InChI=1S/C15H25N3/c1-13(17)10-14-6-9-18(11-14)8-5-4-7-15(2,3)12-16/h6,9,11,13H,4-5,7-8,10,17H2,1-3H3. The van der Waals surface area contributed by atoms with Crippen LogP contribution in [0.15, 0.2) is 18.5 Å². The van der Waals surface area contributed by atoms with E-state index in [0.29, 0.717) is 0 Å². The summed E-state index contributed by atoms with van der Waals surface area (Å²) in [6.07, 6.45) is 8.43. The van der Waals surface area contributed by atoms with Crippen molar-refractivity contribution in [2.45, 2.75) is 59.0 Å². The van der Waals surface area contributed by atoms with E-state index in [1.807, 2.05) is 20.8 Å². The molecule has 1 atom stereocenters. The zero-order valence-corrected chi connectivity index (χ0v) is 11.8. The number of nitriles is 1. The van der Waals surface area contributed by atoms with Crippen LogP contribution in [0.4, 0.5) is 0 Å². The fourth-order valence-corrected chi connectivity index (χ4v) is 2.04. The van der Waals surface area contributed by atoms with Gasteiger partial charge in [0.1, 0.15) is 0 Å². The van der Waals surface area contributed by atoms with Crippen molar-refractivity contribution in [3.8, 4) is 6.07 Å². The van der Waals surface area contributed by atoms with Crippen molar-refractivity contribution in [3.63, 3.8) is 0 Å². The molecule has 18 heavy (non-hydrogen) atoms. The van der Waals surface area contributed by atoms with Gasteiger partial charge in [0.15, 0.2) is 0 Å². The van der Waals surface area contributed by atoms with Crippen molar-refractivity contribution in [2.24, 2.45) is 11.1 Å². The van der Waals surface area contributed by atoms with Crippen molar-refractivity contribution in [2.75, 3.05) is 0 Å². The molecule has 0 fully saturated rings. The van der Waals surface area contributed by atoms with E-state index in [-0.39, 0.29) is 11.5 Å². The van der Waals surface area contributed by atoms with E-state index in [1.165, 1.54) is 5.56 Å². The molecule has 1 heterocycles. The zero-order chi connectivity index (χ0) is 13.6. The minimum absolute atomic E-state index is 0.184. The van der Waals surface area contributed by atoms with Gasteiger partial charge in [-0.25, -0.2) is 0 Å². The number of rotatable bonds is 7. The van der Waals surface area contributed by atoms with Gasteiger partial charge in [0.05, 0.1) is 11.5 Å². The summed E-state index contributed by atoms with van der Waals surface area (Å²) >= 11 is 0. The SMILES string of the molecule is CC(N)Cc1ccn(CCCCC(C)(C)C#N)c1. The minimum Gasteiger partial charge on any atom is -0.354 e. The average Bonchev–Trinajstić information content (AvgIpc) is 2.71. The summed E-state index contributed by atoms with van der Waals surface area (Å²) in [4.78, 5) is 0. The molecule has 3 nitrogen and oxygen atoms in total. The molecule has 0 amide bonds. The molecule has 100 valence electrons. The number of hydrogen-bond acceptors (Lipinski definition) is 2. The van der Waals surface area contributed by atoms with Crippen LogP contribution in [0.5, 0.6) is 0 Å². The lowest BCUT2D eigenvalue weighted by Gasteiger charge is -2.14. The number of unbranched alkanes of at least 4 members (excludes halogenated alkanes) is 1. The first-order chi connectivity index (χ1) is 8.43. The highest BCUT2D eigenvalue weighted by Crippen LogP contribution is 2.21. The first-order valence-electron chi connectivity index (χ1n) is 6.74. The Bertz CT molecular complexity index is 396. The molecule has 0 aromatic carbocycles. The molecule has 2 N–H and O–H groups in total. The lowest BCUT2D eigenvalue weighted by atomic mass is 9.89. The Morgan fingerprint density at radius 1 is 1.44 bits per heavy atom. The largest absolute Gasteiger partial charge is 0.354 e. The second kappa shape index (κ2) is 6.61. The molecule has 0 aliphatic heterocycles. The average molecular weight is 247 g/mol. The van der Waals surface area contributed by atoms with Crippen molar-refractivity contribution in [1.82, 2.24) is 4.57 Å². The number of hydrogen-bond donors (Lipinski definition) is 1. The number of nitrogens with zero attached hydrogens (tertiary/aromatic N) is 2. The monoisotopic (exact) mass is 247 g/mol. The van der Waals surface area contributed by atoms with Gasteiger partial charge < -0.3 is 10.3 Å². The summed E-state index contributed by atoms with van der Waals surface area (Å²) < 4.78 is 2.22. The molecule has 1 aromatic heterocycles. The molecular weight excluding hydrogens is 222 g/mol. The molecule has 0 saturated carbocycles. The maximum Gasteiger partial charge on any atom is 0.0683 e. The predicted molar refractivity (Wildman–Crippen MR) is 75.0 cm³/mol. The summed E-state index contributed by atoms with van der Waals surface area (Å²) in [6.45, 7) is 7.06. The molecule has 0 spiro atoms. The fourth-order valence-electron chi connectivity index (χ4n) is 2.04. The van der Waals surface area contributed by atoms with Crippen molar-refractivity contribution in [3.05, 3.63) is 24.0 Å². The smallest absolute Gasteiger partial charge is 0.0683 e. The van der Waals surface area contributed by atoms with E-state index < -0.39 is 0 Å². The summed E-state index contributed by atoms with van der Waals surface area (Å²) in [5, 5.41) is 8.93. The van der Waals surface area contributed by atoms with E-state index in [1.54, 1.807) is 0 Å². The van der Waals surface area contributed by atoms with Crippen LogP contribution in [0, 0.1) is 16.7 Å². The first-order valence-corrected chi connectivity index (χ1v) is 6.74. The molecule has 1 unspecified atom stereocenters. The fraction of sp³-hybridized carbons (Fsp3) is 0.667. The predicted octanol–water partition coefficient (Wildman–Crippen LogP) is 3.10. The zero-order valence-electron chi connectivity index (χ0n) is 11.8. The van der Waals surface area contributed by atoms with E-state index in [9.17, 15) is 0 Å². The van der Waals surface area contributed by atoms with Gasteiger partial charge >= 0.3 is 0 Å². The molecular formula is C15H25N3. The van der Waals surface area contributed by atoms with Crippen LogP contribution in [-0.4, -0.2) is 10.6 Å². The second-order valence-corrected chi connectivity index (χ2v) is 5.89. The van der Waals surface area contributed by atoms with E-state index in [2.05, 4.69) is 29.1 Å². The van der Waals surface area contributed by atoms with Crippen LogP contribution < -0.4 is 5.73 Å². The minimum atomic E-state index is -0.184. The van der Waals surface area contributed by atoms with Gasteiger partial charge in [0.25, 0.3) is 0 Å². The normalized spacial score (nSPS) is 13.3. The lowest BCUT2D eigenvalue weighted by molar-refractivity contribution is 0.417. The maximum atomic E-state index is 8.93. The maximum absolute atomic E-state index is 8.93. The van der Waals surface area contributed by atoms with Crippen LogP contribution >= 0.6 is 0 Å². The number of nitrogens with two attached hydrogens (primary N) is 1. The Morgan fingerprint density at radius 3 is 2.78 bits per heavy atom. The van der Waals surface area contributed by atoms with E-state index >= 15 is 0 Å². The van der Waals surface area contributed by atoms with E-state index in [4.69, 9.17) is 11.0 Å². The molecule has 0 aliphatic rings. The molecule has 0 radical (unpaired) electrons. The van der Waals surface area contributed by atoms with Crippen LogP contribution in [-0.2, 0) is 13.0 Å².